The summed E-state index contributed by atoms with van der Waals surface area (Å²) in [5.74, 6) is 1.31. The summed E-state index contributed by atoms with van der Waals surface area (Å²) in [6, 6.07) is 13.4. The summed E-state index contributed by atoms with van der Waals surface area (Å²) in [4.78, 5) is 36.2. The summed E-state index contributed by atoms with van der Waals surface area (Å²) >= 11 is 0. The smallest absolute Gasteiger partial charge is 0.269 e. The van der Waals surface area contributed by atoms with E-state index in [-0.39, 0.29) is 47.8 Å². The van der Waals surface area contributed by atoms with Crippen LogP contribution in [0.4, 0.5) is 5.69 Å². The number of hydrazone groups is 1. The third kappa shape index (κ3) is 3.25. The molecule has 0 unspecified atom stereocenters. The van der Waals surface area contributed by atoms with Gasteiger partial charge < -0.3 is 4.74 Å². The fourth-order valence-electron chi connectivity index (χ4n) is 5.71. The number of allylic oxidation sites excluding steroid dienone is 2. The van der Waals surface area contributed by atoms with Crippen LogP contribution < -0.4 is 4.74 Å². The molecule has 0 radical (unpaired) electrons. The van der Waals surface area contributed by atoms with E-state index < -0.39 is 4.92 Å². The summed E-state index contributed by atoms with van der Waals surface area (Å²) in [6.45, 7) is 0.281. The Kier molecular flexibility index (Phi) is 4.43. The Labute approximate surface area is 189 Å². The SMILES string of the molecule is O=C1[C@H]2[C@@H]3C=C[C@H]([C@H]4C[C@H]34)[C@@H]2C(=O)N1/N=C/c1ccc(OCc2ccc([N+](=O)[O-])cc2)cc1. The third-order valence-electron chi connectivity index (χ3n) is 7.39. The summed E-state index contributed by atoms with van der Waals surface area (Å²) in [5, 5.41) is 16.1. The largest absolute Gasteiger partial charge is 0.489 e. The van der Waals surface area contributed by atoms with Crippen molar-refractivity contribution in [2.75, 3.05) is 0 Å². The van der Waals surface area contributed by atoms with Crippen molar-refractivity contribution in [3.05, 3.63) is 81.9 Å². The van der Waals surface area contributed by atoms with Crippen molar-refractivity contribution in [3.63, 3.8) is 0 Å². The molecule has 6 atom stereocenters. The fraction of sp³-hybridized carbons (Fsp3) is 0.320. The van der Waals surface area contributed by atoms with Gasteiger partial charge in [0, 0.05) is 12.1 Å². The first-order valence-corrected chi connectivity index (χ1v) is 11.1. The van der Waals surface area contributed by atoms with E-state index in [1.165, 1.54) is 18.3 Å². The topological polar surface area (TPSA) is 102 Å². The van der Waals surface area contributed by atoms with Gasteiger partial charge in [-0.2, -0.15) is 10.1 Å². The molecule has 0 aromatic heterocycles. The molecule has 7 rings (SSSR count). The number of rotatable bonds is 6. The summed E-state index contributed by atoms with van der Waals surface area (Å²) in [7, 11) is 0. The Morgan fingerprint density at radius 3 is 2.15 bits per heavy atom. The van der Waals surface area contributed by atoms with E-state index in [9.17, 15) is 19.7 Å². The van der Waals surface area contributed by atoms with Crippen molar-refractivity contribution < 1.29 is 19.2 Å². The molecule has 8 heteroatoms. The Hall–Kier alpha value is -3.81. The molecular formula is C25H21N3O5. The molecule has 0 N–H and O–H groups in total. The van der Waals surface area contributed by atoms with Crippen LogP contribution in [0.2, 0.25) is 0 Å². The van der Waals surface area contributed by atoms with Crippen molar-refractivity contribution in [1.82, 2.24) is 5.01 Å². The molecule has 5 aliphatic rings. The molecule has 33 heavy (non-hydrogen) atoms. The predicted octanol–water partition coefficient (Wildman–Crippen LogP) is 3.56. The van der Waals surface area contributed by atoms with Gasteiger partial charge >= 0.3 is 0 Å². The summed E-state index contributed by atoms with van der Waals surface area (Å²) < 4.78 is 5.73. The van der Waals surface area contributed by atoms with Gasteiger partial charge in [0.2, 0.25) is 0 Å². The number of nitrogens with zero attached hydrogens (tertiary/aromatic N) is 3. The third-order valence-corrected chi connectivity index (χ3v) is 7.39. The zero-order valence-electron chi connectivity index (χ0n) is 17.6. The van der Waals surface area contributed by atoms with Gasteiger partial charge in [0.25, 0.3) is 17.5 Å². The minimum absolute atomic E-state index is 0.0392. The number of ether oxygens (including phenoxy) is 1. The molecule has 0 spiro atoms. The van der Waals surface area contributed by atoms with E-state index in [1.54, 1.807) is 36.4 Å². The van der Waals surface area contributed by atoms with E-state index in [4.69, 9.17) is 4.74 Å². The predicted molar refractivity (Wildman–Crippen MR) is 118 cm³/mol. The highest BCUT2D eigenvalue weighted by atomic mass is 16.6. The molecule has 8 nitrogen and oxygen atoms in total. The van der Waals surface area contributed by atoms with E-state index >= 15 is 0 Å². The molecule has 1 aliphatic heterocycles. The lowest BCUT2D eigenvalue weighted by Crippen LogP contribution is -2.40. The van der Waals surface area contributed by atoms with Crippen molar-refractivity contribution in [1.29, 1.82) is 0 Å². The van der Waals surface area contributed by atoms with Crippen LogP contribution in [0.5, 0.6) is 5.75 Å². The second-order valence-electron chi connectivity index (χ2n) is 9.17. The first-order valence-electron chi connectivity index (χ1n) is 11.1. The highest BCUT2D eigenvalue weighted by Crippen LogP contribution is 2.65. The van der Waals surface area contributed by atoms with Gasteiger partial charge in [-0.3, -0.25) is 19.7 Å². The maximum absolute atomic E-state index is 13.0. The lowest BCUT2D eigenvalue weighted by molar-refractivity contribution is -0.384. The average molecular weight is 443 g/mol. The number of non-ortho nitro benzene ring substituents is 1. The van der Waals surface area contributed by atoms with Crippen LogP contribution in [0.25, 0.3) is 0 Å². The van der Waals surface area contributed by atoms with E-state index in [0.29, 0.717) is 17.6 Å². The van der Waals surface area contributed by atoms with Gasteiger partial charge in [-0.1, -0.05) is 12.2 Å². The number of hydrogen-bond donors (Lipinski definition) is 0. The minimum Gasteiger partial charge on any atom is -0.489 e. The number of carbonyl (C=O) groups excluding carboxylic acids is 2. The summed E-state index contributed by atoms with van der Waals surface area (Å²) in [5.41, 5.74) is 1.61. The molecule has 2 bridgehead atoms. The Morgan fingerprint density at radius 1 is 0.970 bits per heavy atom. The molecule has 4 aliphatic carbocycles. The van der Waals surface area contributed by atoms with Gasteiger partial charge in [0.15, 0.2) is 0 Å². The maximum Gasteiger partial charge on any atom is 0.269 e. The molecule has 166 valence electrons. The Balaban J connectivity index is 1.09. The van der Waals surface area contributed by atoms with E-state index in [2.05, 4.69) is 17.3 Å². The molecule has 2 aromatic rings. The lowest BCUT2D eigenvalue weighted by Gasteiger charge is -2.37. The molecule has 2 amide bonds. The van der Waals surface area contributed by atoms with E-state index in [0.717, 1.165) is 22.6 Å². The molecular weight excluding hydrogens is 422 g/mol. The zero-order valence-corrected chi connectivity index (χ0v) is 17.6. The number of nitro groups is 1. The highest BCUT2D eigenvalue weighted by Gasteiger charge is 2.67. The van der Waals surface area contributed by atoms with Gasteiger partial charge in [0.1, 0.15) is 12.4 Å². The molecule has 2 saturated carbocycles. The van der Waals surface area contributed by atoms with Crippen LogP contribution in [0.15, 0.2) is 65.8 Å². The Morgan fingerprint density at radius 2 is 1.58 bits per heavy atom. The van der Waals surface area contributed by atoms with Crippen LogP contribution >= 0.6 is 0 Å². The number of benzene rings is 2. The van der Waals surface area contributed by atoms with Gasteiger partial charge in [0.05, 0.1) is 23.0 Å². The number of amides is 2. The normalized spacial score (nSPS) is 31.1. The second-order valence-corrected chi connectivity index (χ2v) is 9.17. The molecule has 1 saturated heterocycles. The quantitative estimate of drug-likeness (QED) is 0.223. The molecule has 1 heterocycles. The summed E-state index contributed by atoms with van der Waals surface area (Å²) in [6.07, 6.45) is 6.96. The lowest BCUT2D eigenvalue weighted by atomic mass is 9.63. The highest BCUT2D eigenvalue weighted by molar-refractivity contribution is 6.06. The van der Waals surface area contributed by atoms with Crippen LogP contribution in [-0.4, -0.2) is 28.0 Å². The van der Waals surface area contributed by atoms with Gasteiger partial charge in [-0.15, -0.1) is 0 Å². The number of nitro benzene ring substituents is 1. The maximum atomic E-state index is 13.0. The average Bonchev–Trinajstić information content (AvgIpc) is 3.62. The second kappa shape index (κ2) is 7.37. The number of imide groups is 1. The van der Waals surface area contributed by atoms with Crippen molar-refractivity contribution >= 4 is 23.7 Å². The van der Waals surface area contributed by atoms with Crippen LogP contribution in [0.1, 0.15) is 17.5 Å². The van der Waals surface area contributed by atoms with Crippen LogP contribution in [-0.2, 0) is 16.2 Å². The monoisotopic (exact) mass is 443 g/mol. The first kappa shape index (κ1) is 19.8. The van der Waals surface area contributed by atoms with Crippen molar-refractivity contribution in [2.24, 2.45) is 40.6 Å². The molecule has 2 aromatic carbocycles. The minimum atomic E-state index is -0.439. The Bertz CT molecular complexity index is 1170. The van der Waals surface area contributed by atoms with Gasteiger partial charge in [-0.25, -0.2) is 0 Å². The van der Waals surface area contributed by atoms with Gasteiger partial charge in [-0.05, 0) is 77.6 Å². The van der Waals surface area contributed by atoms with Crippen molar-refractivity contribution in [3.8, 4) is 5.75 Å². The number of carbonyl (C=O) groups is 2. The fourth-order valence-corrected chi connectivity index (χ4v) is 5.71. The zero-order chi connectivity index (χ0) is 22.7. The van der Waals surface area contributed by atoms with Crippen molar-refractivity contribution in [2.45, 2.75) is 13.0 Å². The molecule has 3 fully saturated rings. The standard InChI is InChI=1S/C25H21N3O5/c29-24-22-18-9-10-19(21-11-20(18)21)23(22)25(30)27(24)26-12-14-3-7-17(8-4-14)33-13-15-1-5-16(6-2-15)28(31)32/h1-10,12,18-23H,11,13H2/b26-12+/t18-,19-,20-,21-,22+,23+/m1/s1. The van der Waals surface area contributed by atoms with E-state index in [1.807, 2.05) is 0 Å². The number of hydrogen-bond acceptors (Lipinski definition) is 6. The van der Waals surface area contributed by atoms with Crippen LogP contribution in [0, 0.1) is 45.6 Å². The van der Waals surface area contributed by atoms with Crippen LogP contribution in [0.3, 0.4) is 0 Å². The first-order chi connectivity index (χ1) is 16.0.